The van der Waals surface area contributed by atoms with Crippen molar-refractivity contribution >= 4 is 29.7 Å². The van der Waals surface area contributed by atoms with Gasteiger partial charge in [-0.25, -0.2) is 18.5 Å². The van der Waals surface area contributed by atoms with Crippen LogP contribution in [0.3, 0.4) is 0 Å². The molecule has 2 N–H and O–H groups in total. The normalized spacial score (nSPS) is 12.1. The number of ether oxygens (including phenoxy) is 1. The van der Waals surface area contributed by atoms with Crippen molar-refractivity contribution < 1.29 is 19.0 Å². The molecule has 0 saturated carbocycles. The molecule has 1 aromatic carbocycles. The zero-order valence-corrected chi connectivity index (χ0v) is 16.8. The number of nitrogens with one attached hydrogen (secondary N) is 1. The van der Waals surface area contributed by atoms with Crippen LogP contribution in [0.1, 0.15) is 17.3 Å². The van der Waals surface area contributed by atoms with Crippen molar-refractivity contribution in [2.75, 3.05) is 13.2 Å². The zero-order valence-electron chi connectivity index (χ0n) is 15.2. The lowest BCUT2D eigenvalue weighted by Crippen LogP contribution is -2.44. The van der Waals surface area contributed by atoms with Crippen molar-refractivity contribution in [3.8, 4) is 5.69 Å². The smallest absolute Gasteiger partial charge is 0.338 e. The number of carbonyl (C=O) groups excluding carboxylic acids is 1. The molecule has 0 aliphatic rings. The van der Waals surface area contributed by atoms with Gasteiger partial charge in [0.2, 0.25) is 0 Å². The Balaban J connectivity index is 2.57. The van der Waals surface area contributed by atoms with Crippen LogP contribution in [0.25, 0.3) is 5.69 Å². The van der Waals surface area contributed by atoms with E-state index in [1.807, 2.05) is 0 Å². The minimum absolute atomic E-state index is 0.0523. The maximum Gasteiger partial charge on any atom is 0.338 e. The summed E-state index contributed by atoms with van der Waals surface area (Å²) < 4.78 is 21.9. The molecule has 0 aliphatic heterocycles. The summed E-state index contributed by atoms with van der Waals surface area (Å²) in [4.78, 5) is 37.3. The number of benzene rings is 1. The molecule has 0 saturated heterocycles. The Kier molecular flexibility index (Phi) is 6.88. The number of rotatable bonds is 6. The monoisotopic (exact) mass is 432 g/mol. The van der Waals surface area contributed by atoms with E-state index < -0.39 is 35.1 Å². The van der Waals surface area contributed by atoms with Gasteiger partial charge in [0.25, 0.3) is 5.91 Å². The Morgan fingerprint density at radius 3 is 2.43 bits per heavy atom. The first-order valence-corrected chi connectivity index (χ1v) is 8.85. The van der Waals surface area contributed by atoms with Crippen molar-refractivity contribution in [1.29, 1.82) is 0 Å². The summed E-state index contributed by atoms with van der Waals surface area (Å²) in [5.41, 5.74) is -2.42. The van der Waals surface area contributed by atoms with Crippen LogP contribution < -0.4 is 16.7 Å². The van der Waals surface area contributed by atoms with Gasteiger partial charge in [-0.05, 0) is 31.3 Å². The van der Waals surface area contributed by atoms with Crippen LogP contribution in [0, 0.1) is 10.6 Å². The van der Waals surface area contributed by atoms with Crippen molar-refractivity contribution in [2.24, 2.45) is 14.1 Å². The quantitative estimate of drug-likeness (QED) is 0.508. The van der Waals surface area contributed by atoms with Gasteiger partial charge in [0, 0.05) is 20.7 Å². The second-order valence-corrected chi connectivity index (χ2v) is 6.48. The standard InChI is InChI=1S/C16H18ClFN4O5S/c1-4-27-12(23)7-19-13(24)8-5-11(10(18)6-9(8)17)22-14(25)20(2)16(28)21(3)15(22)26/h5-6,12,23H,4,7H2,1-3H3,(H,19,24). The number of aromatic nitrogens is 3. The number of nitrogens with zero attached hydrogens (tertiary/aromatic N) is 3. The third kappa shape index (κ3) is 4.22. The molecule has 12 heteroatoms. The number of halogens is 2. The highest BCUT2D eigenvalue weighted by Crippen LogP contribution is 2.22. The van der Waals surface area contributed by atoms with Gasteiger partial charge >= 0.3 is 11.4 Å². The van der Waals surface area contributed by atoms with Gasteiger partial charge in [-0.15, -0.1) is 0 Å². The first-order chi connectivity index (χ1) is 13.1. The molecule has 2 rings (SSSR count). The average molecular weight is 433 g/mol. The lowest BCUT2D eigenvalue weighted by atomic mass is 10.1. The van der Waals surface area contributed by atoms with Crippen LogP contribution in [-0.2, 0) is 18.8 Å². The lowest BCUT2D eigenvalue weighted by Gasteiger charge is -2.14. The largest absolute Gasteiger partial charge is 0.366 e. The highest BCUT2D eigenvalue weighted by molar-refractivity contribution is 7.71. The summed E-state index contributed by atoms with van der Waals surface area (Å²) >= 11 is 10.9. The third-order valence-corrected chi connectivity index (χ3v) is 4.71. The van der Waals surface area contributed by atoms with E-state index in [-0.39, 0.29) is 28.5 Å². The summed E-state index contributed by atoms with van der Waals surface area (Å²) in [6.07, 6.45) is -1.23. The Morgan fingerprint density at radius 1 is 1.32 bits per heavy atom. The van der Waals surface area contributed by atoms with Crippen LogP contribution in [0.2, 0.25) is 5.02 Å². The highest BCUT2D eigenvalue weighted by Gasteiger charge is 2.20. The van der Waals surface area contributed by atoms with Crippen molar-refractivity contribution in [1.82, 2.24) is 19.0 Å². The first-order valence-electron chi connectivity index (χ1n) is 8.06. The average Bonchev–Trinajstić information content (AvgIpc) is 2.64. The van der Waals surface area contributed by atoms with Crippen LogP contribution in [0.5, 0.6) is 0 Å². The number of aliphatic hydroxyl groups excluding tert-OH is 1. The maximum atomic E-state index is 14.5. The van der Waals surface area contributed by atoms with E-state index in [2.05, 4.69) is 5.32 Å². The molecular weight excluding hydrogens is 415 g/mol. The predicted octanol–water partition coefficient (Wildman–Crippen LogP) is 0.481. The van der Waals surface area contributed by atoms with Crippen molar-refractivity contribution in [2.45, 2.75) is 13.2 Å². The molecule has 0 fully saturated rings. The van der Waals surface area contributed by atoms with Crippen LogP contribution in [0.15, 0.2) is 21.7 Å². The van der Waals surface area contributed by atoms with Crippen LogP contribution in [0.4, 0.5) is 4.39 Å². The second kappa shape index (κ2) is 8.78. The number of hydrogen-bond donors (Lipinski definition) is 2. The van der Waals surface area contributed by atoms with Gasteiger partial charge in [-0.1, -0.05) is 11.6 Å². The van der Waals surface area contributed by atoms with E-state index in [1.54, 1.807) is 6.92 Å². The Hall–Kier alpha value is -2.34. The molecule has 1 atom stereocenters. The summed E-state index contributed by atoms with van der Waals surface area (Å²) in [5, 5.41) is 11.7. The number of amides is 1. The number of carbonyl (C=O) groups is 1. The van der Waals surface area contributed by atoms with Gasteiger partial charge in [-0.2, -0.15) is 0 Å². The second-order valence-electron chi connectivity index (χ2n) is 5.70. The van der Waals surface area contributed by atoms with E-state index >= 15 is 0 Å². The summed E-state index contributed by atoms with van der Waals surface area (Å²) in [6, 6.07) is 1.80. The van der Waals surface area contributed by atoms with Crippen molar-refractivity contribution in [3.05, 3.63) is 54.3 Å². The Morgan fingerprint density at radius 2 is 1.89 bits per heavy atom. The number of aliphatic hydroxyl groups is 1. The van der Waals surface area contributed by atoms with E-state index in [1.165, 1.54) is 14.1 Å². The number of hydrogen-bond acceptors (Lipinski definition) is 6. The molecule has 28 heavy (non-hydrogen) atoms. The maximum absolute atomic E-state index is 14.5. The molecule has 1 heterocycles. The Labute approximate surface area is 168 Å². The third-order valence-electron chi connectivity index (χ3n) is 3.85. The van der Waals surface area contributed by atoms with Gasteiger partial charge in [-0.3, -0.25) is 13.9 Å². The molecule has 1 aromatic heterocycles. The zero-order chi connectivity index (χ0) is 21.2. The molecule has 9 nitrogen and oxygen atoms in total. The lowest BCUT2D eigenvalue weighted by molar-refractivity contribution is -0.0900. The van der Waals surface area contributed by atoms with E-state index in [0.717, 1.165) is 21.3 Å². The predicted molar refractivity (Wildman–Crippen MR) is 102 cm³/mol. The van der Waals surface area contributed by atoms with Gasteiger partial charge in [0.1, 0.15) is 5.82 Å². The molecule has 0 radical (unpaired) electrons. The molecule has 2 aromatic rings. The molecule has 152 valence electrons. The van der Waals surface area contributed by atoms with E-state index in [4.69, 9.17) is 28.6 Å². The van der Waals surface area contributed by atoms with Crippen LogP contribution in [-0.4, -0.2) is 44.2 Å². The molecule has 0 spiro atoms. The van der Waals surface area contributed by atoms with Gasteiger partial charge < -0.3 is 15.2 Å². The fourth-order valence-corrected chi connectivity index (χ4v) is 2.78. The molecule has 0 aliphatic carbocycles. The molecular formula is C16H18ClFN4O5S. The molecule has 1 amide bonds. The van der Waals surface area contributed by atoms with Crippen molar-refractivity contribution in [3.63, 3.8) is 0 Å². The SMILES string of the molecule is CCOC(O)CNC(=O)c1cc(-n2c(=O)n(C)c(=S)n(C)c2=O)c(F)cc1Cl. The molecule has 1 unspecified atom stereocenters. The summed E-state index contributed by atoms with van der Waals surface area (Å²) in [5.74, 6) is -1.73. The topological polar surface area (TPSA) is 107 Å². The van der Waals surface area contributed by atoms with Gasteiger partial charge in [0.05, 0.1) is 22.8 Å². The highest BCUT2D eigenvalue weighted by atomic mass is 35.5. The van der Waals surface area contributed by atoms with Crippen LogP contribution >= 0.6 is 23.8 Å². The van der Waals surface area contributed by atoms with Gasteiger partial charge in [0.15, 0.2) is 11.1 Å². The fourth-order valence-electron chi connectivity index (χ4n) is 2.39. The van der Waals surface area contributed by atoms with E-state index in [0.29, 0.717) is 4.57 Å². The first kappa shape index (κ1) is 22.0. The minimum Gasteiger partial charge on any atom is -0.366 e. The fraction of sp³-hybridized carbons (Fsp3) is 0.375. The minimum atomic E-state index is -1.23. The van der Waals surface area contributed by atoms with E-state index in [9.17, 15) is 23.9 Å². The Bertz CT molecular complexity index is 1050. The summed E-state index contributed by atoms with van der Waals surface area (Å²) in [7, 11) is 2.66. The molecule has 0 bridgehead atoms. The summed E-state index contributed by atoms with van der Waals surface area (Å²) in [6.45, 7) is 1.66.